The van der Waals surface area contributed by atoms with Crippen LogP contribution in [0.25, 0.3) is 72.1 Å². The molecule has 82 heavy (non-hydrogen) atoms. The molecule has 0 fully saturated rings. The molecule has 0 bridgehead atoms. The zero-order valence-electron chi connectivity index (χ0n) is 49.5. The molecule has 7 heteroatoms. The summed E-state index contributed by atoms with van der Waals surface area (Å²) in [5.41, 5.74) is 17.4. The van der Waals surface area contributed by atoms with Crippen LogP contribution in [0.5, 0.6) is 11.5 Å². The number of rotatable bonds is 10. The molecule has 0 unspecified atom stereocenters. The van der Waals surface area contributed by atoms with E-state index in [9.17, 15) is 1.37 Å². The van der Waals surface area contributed by atoms with Gasteiger partial charge >= 0.3 is 0 Å². The normalized spacial score (nSPS) is 13.1. The molecular formula is C75H68FN4OPt-3. The molecule has 0 saturated carbocycles. The molecule has 1 aliphatic rings. The summed E-state index contributed by atoms with van der Waals surface area (Å²) < 4.78 is 33.7. The molecule has 0 radical (unpaired) electrons. The molecule has 0 aliphatic carbocycles. The van der Waals surface area contributed by atoms with Gasteiger partial charge in [-0.1, -0.05) is 197 Å². The van der Waals surface area contributed by atoms with E-state index in [1.807, 2.05) is 68.6 Å². The minimum absolute atomic E-state index is 0. The number of fused-ring (bicyclic) bond motifs is 4. The minimum Gasteiger partial charge on any atom is -0.509 e. The minimum atomic E-state index is -0.915. The Kier molecular flexibility index (Phi) is 14.4. The molecule has 1 aliphatic heterocycles. The number of benzene rings is 9. The largest absolute Gasteiger partial charge is 0.509 e. The number of anilines is 4. The Labute approximate surface area is 499 Å². The standard InChI is InChI=1S/C75H68FN4O.Pt/c1-48(2)61-23-15-16-24-62(61)53-39-58(45-60(40-53)81-59-33-34-64-63-25-17-18-26-67(63)80(70(64)46-59)71-44-54(35-36-77-71)73(3,4)5)78-47-79(69-28-20-19-27-68(69)78)72-65(50-29-31-57(76)32-30-50)41-51(49-21-13-12-14-22-49)42-66(72)52-37-55(74(6,7)8)43-56(38-52)75(9,10)11;/h12-44,47-48H,1-11H3;/q-3;/i48D;. The predicted octanol–water partition coefficient (Wildman–Crippen LogP) is 20.8. The van der Waals surface area contributed by atoms with Crippen molar-refractivity contribution in [1.29, 1.82) is 0 Å². The number of hydrogen-bond acceptors (Lipinski definition) is 4. The molecule has 5 nitrogen and oxygen atoms in total. The van der Waals surface area contributed by atoms with Gasteiger partial charge in [0.15, 0.2) is 0 Å². The van der Waals surface area contributed by atoms with Crippen LogP contribution in [-0.4, -0.2) is 9.55 Å². The summed E-state index contributed by atoms with van der Waals surface area (Å²) in [5.74, 6) is 0.592. The molecule has 12 rings (SSSR count). The van der Waals surface area contributed by atoms with E-state index in [4.69, 9.17) is 9.72 Å². The molecule has 0 spiro atoms. The van der Waals surface area contributed by atoms with E-state index in [2.05, 4.69) is 229 Å². The SMILES string of the molecule is [2H]C(C)(C)c1ccccc1-c1cc(Oc2[c-]c3c(cc2)c2ccccc2n3-c2cc(C(C)(C)C)ccn2)[c-]c(N2[CH-]N(c3c(-c4ccc(F)cc4)cc(-c4ccccc4)cc3-c3cc(C(C)(C)C)cc(C(C)(C)C)c3)c3ccccc32)c1.[Pt]. The van der Waals surface area contributed by atoms with Gasteiger partial charge in [0.1, 0.15) is 11.6 Å². The van der Waals surface area contributed by atoms with Crippen molar-refractivity contribution >= 4 is 44.6 Å². The van der Waals surface area contributed by atoms with E-state index in [0.717, 1.165) is 100 Å². The van der Waals surface area contributed by atoms with Crippen LogP contribution in [0, 0.1) is 24.6 Å². The summed E-state index contributed by atoms with van der Waals surface area (Å²) in [6, 6.07) is 74.1. The van der Waals surface area contributed by atoms with E-state index in [0.29, 0.717) is 11.5 Å². The van der Waals surface area contributed by atoms with E-state index in [1.54, 1.807) is 12.1 Å². The fraction of sp³-hybridized carbons (Fsp3) is 0.200. The smallest absolute Gasteiger partial charge is 0.135 e. The van der Waals surface area contributed by atoms with Crippen molar-refractivity contribution in [3.8, 4) is 61.8 Å². The molecule has 0 N–H and O–H groups in total. The van der Waals surface area contributed by atoms with E-state index in [1.165, 1.54) is 16.7 Å². The number of aromatic nitrogens is 2. The van der Waals surface area contributed by atoms with E-state index >= 15 is 4.39 Å². The third-order valence-corrected chi connectivity index (χ3v) is 15.7. The second-order valence-corrected chi connectivity index (χ2v) is 24.8. The maximum atomic E-state index is 15.1. The average molecular weight is 1260 g/mol. The zero-order chi connectivity index (χ0) is 57.5. The fourth-order valence-corrected chi connectivity index (χ4v) is 11.2. The van der Waals surface area contributed by atoms with Gasteiger partial charge in [-0.3, -0.25) is 0 Å². The Balaban J connectivity index is 0.00000721. The van der Waals surface area contributed by atoms with Crippen LogP contribution < -0.4 is 14.5 Å². The molecule has 3 heterocycles. The number of nitrogens with zero attached hydrogens (tertiary/aromatic N) is 4. The summed E-state index contributed by atoms with van der Waals surface area (Å²) in [6.45, 7) is 26.3. The Hall–Kier alpha value is -8.05. The summed E-state index contributed by atoms with van der Waals surface area (Å²) in [6.07, 6.45) is 1.89. The average Bonchev–Trinajstić information content (AvgIpc) is 3.81. The molecule has 0 saturated heterocycles. The number of pyridine rings is 1. The van der Waals surface area contributed by atoms with Crippen LogP contribution >= 0.6 is 0 Å². The zero-order valence-corrected chi connectivity index (χ0v) is 50.8. The third-order valence-electron chi connectivity index (χ3n) is 15.7. The van der Waals surface area contributed by atoms with Gasteiger partial charge in [-0.25, -0.2) is 9.37 Å². The molecule has 414 valence electrons. The van der Waals surface area contributed by atoms with E-state index < -0.39 is 5.89 Å². The van der Waals surface area contributed by atoms with Crippen LogP contribution in [0.15, 0.2) is 200 Å². The molecule has 11 aromatic rings. The van der Waals surface area contributed by atoms with Crippen LogP contribution in [0.4, 0.5) is 27.1 Å². The van der Waals surface area contributed by atoms with Gasteiger partial charge in [0.2, 0.25) is 0 Å². The van der Waals surface area contributed by atoms with Crippen LogP contribution in [0.1, 0.15) is 106 Å². The molecular weight excluding hydrogens is 1190 g/mol. The Morgan fingerprint density at radius 2 is 1.12 bits per heavy atom. The first kappa shape index (κ1) is 54.5. The van der Waals surface area contributed by atoms with Gasteiger partial charge in [-0.05, 0) is 132 Å². The quantitative estimate of drug-likeness (QED) is 0.128. The van der Waals surface area contributed by atoms with Crippen molar-refractivity contribution in [2.45, 2.75) is 98.3 Å². The molecule has 2 aromatic heterocycles. The van der Waals surface area contributed by atoms with Gasteiger partial charge in [0.05, 0.1) is 0 Å². The Morgan fingerprint density at radius 1 is 0.512 bits per heavy atom. The molecule has 0 atom stereocenters. The first-order chi connectivity index (χ1) is 39.1. The fourth-order valence-electron chi connectivity index (χ4n) is 11.2. The van der Waals surface area contributed by atoms with E-state index in [-0.39, 0.29) is 43.1 Å². The number of halogens is 1. The van der Waals surface area contributed by atoms with Crippen molar-refractivity contribution in [3.05, 3.63) is 247 Å². The maximum absolute atomic E-state index is 15.1. The monoisotopic (exact) mass is 1260 g/mol. The second kappa shape index (κ2) is 21.7. The topological polar surface area (TPSA) is 33.5 Å². The first-order valence-corrected chi connectivity index (χ1v) is 28.0. The van der Waals surface area contributed by atoms with Crippen LogP contribution in [-0.2, 0) is 37.3 Å². The van der Waals surface area contributed by atoms with Crippen molar-refractivity contribution in [1.82, 2.24) is 9.55 Å². The van der Waals surface area contributed by atoms with Crippen LogP contribution in [0.3, 0.4) is 0 Å². The summed E-state index contributed by atoms with van der Waals surface area (Å²) in [4.78, 5) is 9.41. The maximum Gasteiger partial charge on any atom is 0.135 e. The predicted molar refractivity (Wildman–Crippen MR) is 336 cm³/mol. The van der Waals surface area contributed by atoms with Crippen molar-refractivity contribution in [2.24, 2.45) is 0 Å². The molecule has 0 amide bonds. The first-order valence-electron chi connectivity index (χ1n) is 28.5. The van der Waals surface area contributed by atoms with Gasteiger partial charge in [-0.15, -0.1) is 53.6 Å². The molecule has 9 aromatic carbocycles. The third kappa shape index (κ3) is 10.7. The van der Waals surface area contributed by atoms with Gasteiger partial charge < -0.3 is 19.1 Å². The Morgan fingerprint density at radius 3 is 1.80 bits per heavy atom. The van der Waals surface area contributed by atoms with Crippen LogP contribution in [0.2, 0.25) is 0 Å². The second-order valence-electron chi connectivity index (χ2n) is 24.8. The van der Waals surface area contributed by atoms with Gasteiger partial charge in [-0.2, -0.15) is 6.07 Å². The number of para-hydroxylation sites is 3. The van der Waals surface area contributed by atoms with Gasteiger partial charge in [0, 0.05) is 73.8 Å². The summed E-state index contributed by atoms with van der Waals surface area (Å²) >= 11 is 0. The van der Waals surface area contributed by atoms with Crippen molar-refractivity contribution in [2.75, 3.05) is 9.80 Å². The van der Waals surface area contributed by atoms with Crippen molar-refractivity contribution < 1.29 is 31.6 Å². The van der Waals surface area contributed by atoms with Crippen molar-refractivity contribution in [3.63, 3.8) is 0 Å². The number of ether oxygens (including phenoxy) is 1. The summed E-state index contributed by atoms with van der Waals surface area (Å²) in [7, 11) is 0. The Bertz CT molecular complexity index is 4200. The van der Waals surface area contributed by atoms with Gasteiger partial charge in [0.25, 0.3) is 0 Å². The summed E-state index contributed by atoms with van der Waals surface area (Å²) in [5, 5.41) is 2.13. The number of hydrogen-bond donors (Lipinski definition) is 0.